The molecule has 0 spiro atoms. The number of benzene rings is 2. The van der Waals surface area contributed by atoms with Crippen LogP contribution in [-0.4, -0.2) is 5.11 Å². The van der Waals surface area contributed by atoms with Gasteiger partial charge in [0.15, 0.2) is 0 Å². The third-order valence-corrected chi connectivity index (χ3v) is 3.47. The van der Waals surface area contributed by atoms with Gasteiger partial charge in [0.2, 0.25) is 0 Å². The van der Waals surface area contributed by atoms with Crippen LogP contribution in [0.5, 0.6) is 0 Å². The summed E-state index contributed by atoms with van der Waals surface area (Å²) in [7, 11) is 0. The fraction of sp³-hybridized carbons (Fsp3) is 0.200. The molecule has 0 saturated carbocycles. The van der Waals surface area contributed by atoms with Gasteiger partial charge in [-0.1, -0.05) is 40.2 Å². The van der Waals surface area contributed by atoms with Crippen molar-refractivity contribution in [2.45, 2.75) is 18.7 Å². The monoisotopic (exact) mass is 344 g/mol. The molecule has 1 unspecified atom stereocenters. The van der Waals surface area contributed by atoms with Crippen LogP contribution in [0.4, 0.5) is 13.2 Å². The average molecular weight is 345 g/mol. The van der Waals surface area contributed by atoms with Crippen LogP contribution in [0.1, 0.15) is 22.8 Å². The van der Waals surface area contributed by atoms with Crippen molar-refractivity contribution >= 4 is 15.9 Å². The summed E-state index contributed by atoms with van der Waals surface area (Å²) in [6.07, 6.45) is -5.08. The molecule has 2 aromatic carbocycles. The first-order valence-corrected chi connectivity index (χ1v) is 6.75. The first-order chi connectivity index (χ1) is 9.36. The van der Waals surface area contributed by atoms with Crippen molar-refractivity contribution in [2.75, 3.05) is 0 Å². The standard InChI is InChI=1S/C15H12BrF3O/c16-13-6-4-10(5-7-13)8-14(20)11-2-1-3-12(9-11)15(17,18)19/h1-7,9,14,20H,8H2. The van der Waals surface area contributed by atoms with Crippen LogP contribution < -0.4 is 0 Å². The summed E-state index contributed by atoms with van der Waals surface area (Å²) in [6, 6.07) is 12.1. The topological polar surface area (TPSA) is 20.2 Å². The molecule has 1 nitrogen and oxygen atoms in total. The van der Waals surface area contributed by atoms with E-state index in [0.29, 0.717) is 0 Å². The van der Waals surface area contributed by atoms with Crippen molar-refractivity contribution in [3.63, 3.8) is 0 Å². The fourth-order valence-electron chi connectivity index (χ4n) is 1.88. The highest BCUT2D eigenvalue weighted by Gasteiger charge is 2.30. The predicted octanol–water partition coefficient (Wildman–Crippen LogP) is 4.74. The summed E-state index contributed by atoms with van der Waals surface area (Å²) in [6.45, 7) is 0. The van der Waals surface area contributed by atoms with Crippen LogP contribution >= 0.6 is 15.9 Å². The highest BCUT2D eigenvalue weighted by molar-refractivity contribution is 9.10. The molecule has 0 aliphatic heterocycles. The van der Waals surface area contributed by atoms with Crippen LogP contribution in [0, 0.1) is 0 Å². The van der Waals surface area contributed by atoms with Gasteiger partial charge in [-0.3, -0.25) is 0 Å². The van der Waals surface area contributed by atoms with Crippen LogP contribution in [0.15, 0.2) is 53.0 Å². The van der Waals surface area contributed by atoms with Gasteiger partial charge >= 0.3 is 6.18 Å². The van der Waals surface area contributed by atoms with Crippen molar-refractivity contribution in [3.05, 3.63) is 69.7 Å². The minimum Gasteiger partial charge on any atom is -0.388 e. The zero-order valence-corrected chi connectivity index (χ0v) is 11.9. The number of aliphatic hydroxyl groups excluding tert-OH is 1. The Bertz CT molecular complexity index is 578. The Labute approximate surface area is 123 Å². The minimum absolute atomic E-state index is 0.266. The summed E-state index contributed by atoms with van der Waals surface area (Å²) >= 11 is 3.30. The SMILES string of the molecule is OC(Cc1ccc(Br)cc1)c1cccc(C(F)(F)F)c1. The molecule has 106 valence electrons. The lowest BCUT2D eigenvalue weighted by Gasteiger charge is -2.14. The molecule has 1 atom stereocenters. The van der Waals surface area contributed by atoms with Gasteiger partial charge in [-0.25, -0.2) is 0 Å². The first kappa shape index (κ1) is 15.1. The van der Waals surface area contributed by atoms with Gasteiger partial charge in [-0.15, -0.1) is 0 Å². The summed E-state index contributed by atoms with van der Waals surface area (Å²) in [5, 5.41) is 10.1. The lowest BCUT2D eigenvalue weighted by Crippen LogP contribution is -2.08. The second-order valence-electron chi connectivity index (χ2n) is 4.47. The third kappa shape index (κ3) is 3.84. The van der Waals surface area contributed by atoms with E-state index in [1.165, 1.54) is 12.1 Å². The summed E-state index contributed by atoms with van der Waals surface area (Å²) < 4.78 is 38.8. The largest absolute Gasteiger partial charge is 0.416 e. The van der Waals surface area contributed by atoms with Crippen molar-refractivity contribution in [1.29, 1.82) is 0 Å². The minimum atomic E-state index is -4.40. The first-order valence-electron chi connectivity index (χ1n) is 5.96. The molecule has 0 amide bonds. The Morgan fingerprint density at radius 1 is 1.05 bits per heavy atom. The Balaban J connectivity index is 2.17. The molecule has 0 fully saturated rings. The van der Waals surface area contributed by atoms with E-state index >= 15 is 0 Å². The lowest BCUT2D eigenvalue weighted by molar-refractivity contribution is -0.137. The molecule has 1 N–H and O–H groups in total. The van der Waals surface area contributed by atoms with Crippen LogP contribution in [0.2, 0.25) is 0 Å². The Morgan fingerprint density at radius 2 is 1.70 bits per heavy atom. The van der Waals surface area contributed by atoms with Crippen LogP contribution in [0.25, 0.3) is 0 Å². The van der Waals surface area contributed by atoms with Gasteiger partial charge in [0.05, 0.1) is 11.7 Å². The highest BCUT2D eigenvalue weighted by Crippen LogP contribution is 2.31. The van der Waals surface area contributed by atoms with Crippen molar-refractivity contribution < 1.29 is 18.3 Å². The number of halogens is 4. The Hall–Kier alpha value is -1.33. The van der Waals surface area contributed by atoms with E-state index in [0.717, 1.165) is 22.2 Å². The Kier molecular flexibility index (Phi) is 4.50. The smallest absolute Gasteiger partial charge is 0.388 e. The van der Waals surface area contributed by atoms with Gasteiger partial charge in [-0.2, -0.15) is 13.2 Å². The zero-order chi connectivity index (χ0) is 14.8. The summed E-state index contributed by atoms with van der Waals surface area (Å²) in [5.41, 5.74) is 0.380. The molecule has 20 heavy (non-hydrogen) atoms. The molecule has 5 heteroatoms. The van der Waals surface area contributed by atoms with E-state index < -0.39 is 17.8 Å². The molecular formula is C15H12BrF3O. The maximum atomic E-state index is 12.6. The van der Waals surface area contributed by atoms with Crippen molar-refractivity contribution in [3.8, 4) is 0 Å². The molecule has 0 aromatic heterocycles. The summed E-state index contributed by atoms with van der Waals surface area (Å²) in [5.74, 6) is 0. The van der Waals surface area contributed by atoms with E-state index in [9.17, 15) is 18.3 Å². The molecule has 0 heterocycles. The van der Waals surface area contributed by atoms with Crippen molar-refractivity contribution in [2.24, 2.45) is 0 Å². The van der Waals surface area contributed by atoms with E-state index in [1.54, 1.807) is 0 Å². The molecule has 2 rings (SSSR count). The van der Waals surface area contributed by atoms with Gasteiger partial charge in [-0.05, 0) is 35.4 Å². The van der Waals surface area contributed by atoms with E-state index in [4.69, 9.17) is 0 Å². The quantitative estimate of drug-likeness (QED) is 0.852. The van der Waals surface area contributed by atoms with Gasteiger partial charge in [0, 0.05) is 10.9 Å². The number of rotatable bonds is 3. The number of aliphatic hydroxyl groups is 1. The van der Waals surface area contributed by atoms with E-state index in [2.05, 4.69) is 15.9 Å². The summed E-state index contributed by atoms with van der Waals surface area (Å²) in [4.78, 5) is 0. The van der Waals surface area contributed by atoms with E-state index in [1.807, 2.05) is 24.3 Å². The molecule has 0 saturated heterocycles. The highest BCUT2D eigenvalue weighted by atomic mass is 79.9. The maximum absolute atomic E-state index is 12.6. The fourth-order valence-corrected chi connectivity index (χ4v) is 2.15. The number of hydrogen-bond acceptors (Lipinski definition) is 1. The molecule has 2 aromatic rings. The van der Waals surface area contributed by atoms with Gasteiger partial charge in [0.25, 0.3) is 0 Å². The number of alkyl halides is 3. The molecular weight excluding hydrogens is 333 g/mol. The van der Waals surface area contributed by atoms with Gasteiger partial charge < -0.3 is 5.11 Å². The average Bonchev–Trinajstić information content (AvgIpc) is 2.40. The molecule has 0 radical (unpaired) electrons. The molecule has 0 aliphatic rings. The zero-order valence-electron chi connectivity index (χ0n) is 10.4. The lowest BCUT2D eigenvalue weighted by atomic mass is 10.00. The molecule has 0 bridgehead atoms. The second-order valence-corrected chi connectivity index (χ2v) is 5.39. The second kappa shape index (κ2) is 5.97. The van der Waals surface area contributed by atoms with Gasteiger partial charge in [0.1, 0.15) is 0 Å². The normalized spacial score (nSPS) is 13.2. The van der Waals surface area contributed by atoms with Crippen LogP contribution in [0.3, 0.4) is 0 Å². The number of hydrogen-bond donors (Lipinski definition) is 1. The van der Waals surface area contributed by atoms with E-state index in [-0.39, 0.29) is 12.0 Å². The maximum Gasteiger partial charge on any atom is 0.416 e. The third-order valence-electron chi connectivity index (χ3n) is 2.94. The van der Waals surface area contributed by atoms with Crippen LogP contribution in [-0.2, 0) is 12.6 Å². The predicted molar refractivity (Wildman–Crippen MR) is 74.2 cm³/mol. The molecule has 0 aliphatic carbocycles. The van der Waals surface area contributed by atoms with Crippen molar-refractivity contribution in [1.82, 2.24) is 0 Å². The Morgan fingerprint density at radius 3 is 2.30 bits per heavy atom.